The Bertz CT molecular complexity index is 693. The molecule has 2 aromatic heterocycles. The van der Waals surface area contributed by atoms with E-state index in [0.29, 0.717) is 11.3 Å². The Balaban J connectivity index is 0.00000192. The van der Waals surface area contributed by atoms with Crippen LogP contribution in [0.15, 0.2) is 10.6 Å². The fourth-order valence-electron chi connectivity index (χ4n) is 2.91. The largest absolute Gasteiger partial charge is 0.348 e. The predicted molar refractivity (Wildman–Crippen MR) is 91.2 cm³/mol. The predicted octanol–water partition coefficient (Wildman–Crippen LogP) is 2.56. The van der Waals surface area contributed by atoms with Crippen LogP contribution in [0, 0.1) is 6.92 Å². The lowest BCUT2D eigenvalue weighted by atomic mass is 10.0. The second-order valence-corrected chi connectivity index (χ2v) is 6.23. The van der Waals surface area contributed by atoms with Gasteiger partial charge in [0.1, 0.15) is 0 Å². The summed E-state index contributed by atoms with van der Waals surface area (Å²) in [5.74, 6) is 0.1000. The summed E-state index contributed by atoms with van der Waals surface area (Å²) in [7, 11) is 0. The summed E-state index contributed by atoms with van der Waals surface area (Å²) < 4.78 is 5.32. The van der Waals surface area contributed by atoms with Gasteiger partial charge in [-0.1, -0.05) is 19.0 Å². The van der Waals surface area contributed by atoms with Gasteiger partial charge < -0.3 is 15.2 Å². The first-order valence-electron chi connectivity index (χ1n) is 7.84. The number of nitrogens with zero attached hydrogens (tertiary/aromatic N) is 2. The van der Waals surface area contributed by atoms with E-state index in [0.717, 1.165) is 42.7 Å². The Kier molecular flexibility index (Phi) is 5.59. The molecular formula is C16H23ClN4O2. The van der Waals surface area contributed by atoms with Gasteiger partial charge in [0.05, 0.1) is 16.6 Å². The van der Waals surface area contributed by atoms with Gasteiger partial charge in [-0.15, -0.1) is 12.4 Å². The summed E-state index contributed by atoms with van der Waals surface area (Å²) in [5.41, 5.74) is 2.59. The van der Waals surface area contributed by atoms with Gasteiger partial charge in [-0.25, -0.2) is 4.98 Å². The lowest BCUT2D eigenvalue weighted by Gasteiger charge is -2.24. The van der Waals surface area contributed by atoms with Gasteiger partial charge in [-0.2, -0.15) is 0 Å². The van der Waals surface area contributed by atoms with Crippen LogP contribution in [0.1, 0.15) is 54.4 Å². The molecule has 1 aliphatic heterocycles. The number of pyridine rings is 1. The van der Waals surface area contributed by atoms with E-state index in [1.54, 1.807) is 0 Å². The maximum absolute atomic E-state index is 12.7. The van der Waals surface area contributed by atoms with Crippen LogP contribution < -0.4 is 10.6 Å². The number of carbonyl (C=O) groups is 1. The van der Waals surface area contributed by atoms with Gasteiger partial charge in [-0.3, -0.25) is 4.79 Å². The molecule has 0 spiro atoms. The molecule has 1 fully saturated rings. The zero-order valence-electron chi connectivity index (χ0n) is 13.7. The minimum absolute atomic E-state index is 0. The molecule has 6 nitrogen and oxygen atoms in total. The monoisotopic (exact) mass is 338 g/mol. The van der Waals surface area contributed by atoms with Crippen molar-refractivity contribution in [1.29, 1.82) is 0 Å². The van der Waals surface area contributed by atoms with Crippen LogP contribution in [-0.2, 0) is 0 Å². The standard InChI is InChI=1S/C16H22N4O2.ClH/c1-9(2)14-13-12(7-10(3)18-16(13)22-20-14)15(21)19-11-5-4-6-17-8-11;/h7,9,11,17H,4-6,8H2,1-3H3,(H,19,21);1H. The third-order valence-electron chi connectivity index (χ3n) is 4.02. The summed E-state index contributed by atoms with van der Waals surface area (Å²) >= 11 is 0. The van der Waals surface area contributed by atoms with Crippen LogP contribution in [-0.4, -0.2) is 35.2 Å². The molecule has 1 amide bonds. The molecule has 0 aromatic carbocycles. The summed E-state index contributed by atoms with van der Waals surface area (Å²) in [5, 5.41) is 11.3. The number of hydrogen-bond donors (Lipinski definition) is 2. The van der Waals surface area contributed by atoms with Crippen molar-refractivity contribution in [1.82, 2.24) is 20.8 Å². The molecule has 1 saturated heterocycles. The third kappa shape index (κ3) is 3.64. The van der Waals surface area contributed by atoms with Crippen molar-refractivity contribution in [2.24, 2.45) is 0 Å². The van der Waals surface area contributed by atoms with E-state index in [1.165, 1.54) is 0 Å². The average molecular weight is 339 g/mol. The quantitative estimate of drug-likeness (QED) is 0.899. The molecule has 1 unspecified atom stereocenters. The van der Waals surface area contributed by atoms with Crippen LogP contribution in [0.25, 0.3) is 11.1 Å². The van der Waals surface area contributed by atoms with Crippen molar-refractivity contribution in [3.8, 4) is 0 Å². The molecular weight excluding hydrogens is 316 g/mol. The molecule has 0 aliphatic carbocycles. The van der Waals surface area contributed by atoms with Crippen molar-refractivity contribution in [2.45, 2.75) is 45.6 Å². The molecule has 3 heterocycles. The van der Waals surface area contributed by atoms with E-state index in [-0.39, 0.29) is 30.3 Å². The minimum atomic E-state index is -0.0747. The topological polar surface area (TPSA) is 80.0 Å². The number of aromatic nitrogens is 2. The lowest BCUT2D eigenvalue weighted by molar-refractivity contribution is 0.0932. The van der Waals surface area contributed by atoms with Crippen molar-refractivity contribution >= 4 is 29.4 Å². The highest BCUT2D eigenvalue weighted by Gasteiger charge is 2.23. The number of hydrogen-bond acceptors (Lipinski definition) is 5. The van der Waals surface area contributed by atoms with Gasteiger partial charge in [0.15, 0.2) is 0 Å². The van der Waals surface area contributed by atoms with Crippen LogP contribution in [0.4, 0.5) is 0 Å². The second kappa shape index (κ2) is 7.27. The first kappa shape index (κ1) is 17.7. The summed E-state index contributed by atoms with van der Waals surface area (Å²) in [6.45, 7) is 7.76. The maximum Gasteiger partial charge on any atom is 0.259 e. The van der Waals surface area contributed by atoms with Crippen LogP contribution in [0.5, 0.6) is 0 Å². The van der Waals surface area contributed by atoms with E-state index in [2.05, 4.69) is 20.8 Å². The molecule has 0 radical (unpaired) electrons. The minimum Gasteiger partial charge on any atom is -0.348 e. The van der Waals surface area contributed by atoms with Crippen molar-refractivity contribution in [2.75, 3.05) is 13.1 Å². The molecule has 2 aromatic rings. The number of aryl methyl sites for hydroxylation is 1. The van der Waals surface area contributed by atoms with E-state index in [4.69, 9.17) is 4.52 Å². The highest BCUT2D eigenvalue weighted by atomic mass is 35.5. The summed E-state index contributed by atoms with van der Waals surface area (Å²) in [6.07, 6.45) is 2.09. The Morgan fingerprint density at radius 1 is 1.48 bits per heavy atom. The number of carbonyl (C=O) groups excluding carboxylic acids is 1. The smallest absolute Gasteiger partial charge is 0.259 e. The van der Waals surface area contributed by atoms with Crippen LogP contribution in [0.3, 0.4) is 0 Å². The van der Waals surface area contributed by atoms with E-state index < -0.39 is 0 Å². The third-order valence-corrected chi connectivity index (χ3v) is 4.02. The molecule has 126 valence electrons. The number of halogens is 1. The number of amides is 1. The number of fused-ring (bicyclic) bond motifs is 1. The molecule has 1 aliphatic rings. The SMILES string of the molecule is Cc1cc(C(=O)NC2CCCNC2)c2c(C(C)C)noc2n1.Cl. The van der Waals surface area contributed by atoms with Crippen molar-refractivity contribution in [3.63, 3.8) is 0 Å². The Labute approximate surface area is 141 Å². The van der Waals surface area contributed by atoms with E-state index in [1.807, 2.05) is 26.8 Å². The zero-order valence-corrected chi connectivity index (χ0v) is 14.5. The zero-order chi connectivity index (χ0) is 15.7. The molecule has 0 saturated carbocycles. The summed E-state index contributed by atoms with van der Waals surface area (Å²) in [6, 6.07) is 1.99. The highest BCUT2D eigenvalue weighted by Crippen LogP contribution is 2.27. The lowest BCUT2D eigenvalue weighted by Crippen LogP contribution is -2.45. The second-order valence-electron chi connectivity index (χ2n) is 6.23. The normalized spacial score (nSPS) is 18.0. The number of rotatable bonds is 3. The fraction of sp³-hybridized carbons (Fsp3) is 0.562. The van der Waals surface area contributed by atoms with Crippen LogP contribution >= 0.6 is 12.4 Å². The Morgan fingerprint density at radius 3 is 2.91 bits per heavy atom. The van der Waals surface area contributed by atoms with E-state index in [9.17, 15) is 4.79 Å². The molecule has 1 atom stereocenters. The van der Waals surface area contributed by atoms with Gasteiger partial charge in [0, 0.05) is 18.3 Å². The average Bonchev–Trinajstić information content (AvgIpc) is 2.91. The first-order valence-corrected chi connectivity index (χ1v) is 7.84. The van der Waals surface area contributed by atoms with Crippen LogP contribution in [0.2, 0.25) is 0 Å². The maximum atomic E-state index is 12.7. The highest BCUT2D eigenvalue weighted by molar-refractivity contribution is 6.06. The van der Waals surface area contributed by atoms with Gasteiger partial charge >= 0.3 is 0 Å². The molecule has 23 heavy (non-hydrogen) atoms. The fourth-order valence-corrected chi connectivity index (χ4v) is 2.91. The molecule has 0 bridgehead atoms. The van der Waals surface area contributed by atoms with Gasteiger partial charge in [-0.05, 0) is 38.3 Å². The van der Waals surface area contributed by atoms with Crippen molar-refractivity contribution in [3.05, 3.63) is 23.0 Å². The van der Waals surface area contributed by atoms with Gasteiger partial charge in [0.25, 0.3) is 11.6 Å². The molecule has 7 heteroatoms. The Morgan fingerprint density at radius 2 is 2.26 bits per heavy atom. The number of nitrogens with one attached hydrogen (secondary N) is 2. The molecule has 3 rings (SSSR count). The summed E-state index contributed by atoms with van der Waals surface area (Å²) in [4.78, 5) is 17.1. The Hall–Kier alpha value is -1.66. The first-order chi connectivity index (χ1) is 10.6. The molecule has 2 N–H and O–H groups in total. The van der Waals surface area contributed by atoms with Crippen molar-refractivity contribution < 1.29 is 9.32 Å². The number of piperidine rings is 1. The van der Waals surface area contributed by atoms with Gasteiger partial charge in [0.2, 0.25) is 0 Å². The van der Waals surface area contributed by atoms with E-state index >= 15 is 0 Å².